The Bertz CT molecular complexity index is 305. The van der Waals surface area contributed by atoms with Gasteiger partial charge in [0.05, 0.1) is 0 Å². The Kier molecular flexibility index (Phi) is 1.58. The molecule has 0 aliphatic carbocycles. The Labute approximate surface area is 75.4 Å². The highest BCUT2D eigenvalue weighted by Gasteiger charge is 2.26. The highest BCUT2D eigenvalue weighted by molar-refractivity contribution is 7.82. The van der Waals surface area contributed by atoms with Crippen molar-refractivity contribution >= 4 is 23.0 Å². The van der Waals surface area contributed by atoms with E-state index in [4.69, 9.17) is 18.0 Å². The van der Waals surface area contributed by atoms with Gasteiger partial charge in [0.1, 0.15) is 11.2 Å². The van der Waals surface area contributed by atoms with Gasteiger partial charge >= 0.3 is 0 Å². The van der Waals surface area contributed by atoms with E-state index >= 15 is 0 Å². The van der Waals surface area contributed by atoms with Crippen molar-refractivity contribution in [1.82, 2.24) is 10.3 Å². The Balaban J connectivity index is 2.26. The Morgan fingerprint density at radius 1 is 1.67 bits per heavy atom. The number of hydrogen-bond acceptors (Lipinski definition) is 4. The first-order valence-electron chi connectivity index (χ1n) is 3.55. The summed E-state index contributed by atoms with van der Waals surface area (Å²) in [4.78, 5) is 2.20. The maximum Gasteiger partial charge on any atom is 0.189 e. The van der Waals surface area contributed by atoms with Crippen LogP contribution < -0.4 is 11.2 Å². The predicted octanol–water partition coefficient (Wildman–Crippen LogP) is -0.0992. The quantitative estimate of drug-likeness (QED) is 0.553. The molecule has 0 saturated heterocycles. The zero-order valence-corrected chi connectivity index (χ0v) is 7.08. The molecule has 0 aromatic carbocycles. The average Bonchev–Trinajstić information content (AvgIpc) is 2.47. The molecule has 1 atom stereocenters. The van der Waals surface area contributed by atoms with Gasteiger partial charge in [-0.05, 0) is 12.2 Å². The minimum absolute atomic E-state index is 0.0755. The van der Waals surface area contributed by atoms with Crippen molar-refractivity contribution in [3.8, 4) is 0 Å². The van der Waals surface area contributed by atoms with Crippen LogP contribution >= 0.6 is 12.2 Å². The molecule has 2 aliphatic heterocycles. The molecule has 2 rings (SSSR count). The number of nitrogens with zero attached hydrogens (tertiary/aromatic N) is 2. The van der Waals surface area contributed by atoms with Gasteiger partial charge in [-0.3, -0.25) is 5.43 Å². The van der Waals surface area contributed by atoms with Gasteiger partial charge in [-0.25, -0.2) is 0 Å². The van der Waals surface area contributed by atoms with Gasteiger partial charge in [0.2, 0.25) is 0 Å². The molecule has 0 unspecified atom stereocenters. The highest BCUT2D eigenvalue weighted by Crippen LogP contribution is 2.12. The molecule has 0 fully saturated rings. The monoisotopic (exact) mass is 180 g/mol. The number of nitrogens with two attached hydrogens (primary N) is 1. The van der Waals surface area contributed by atoms with Gasteiger partial charge in [-0.15, -0.1) is 0 Å². The molecule has 2 heterocycles. The highest BCUT2D eigenvalue weighted by atomic mass is 32.1. The number of allylic oxidation sites excluding steroid dienone is 2. The minimum atomic E-state index is 0.0755. The van der Waals surface area contributed by atoms with Crippen LogP contribution in [0.15, 0.2) is 29.5 Å². The van der Waals surface area contributed by atoms with Crippen LogP contribution in [0.2, 0.25) is 0 Å². The first-order chi connectivity index (χ1) is 5.79. The standard InChI is InChI=1S/C7H8N4S/c8-6(12)7-10-9-5-3-1-2-4-11(5)7/h1-5,9H,(H2,8,12)/t5-/m1/s1. The van der Waals surface area contributed by atoms with Crippen LogP contribution in [0.3, 0.4) is 0 Å². The molecule has 12 heavy (non-hydrogen) atoms. The Hall–Kier alpha value is -1.36. The summed E-state index contributed by atoms with van der Waals surface area (Å²) in [6.45, 7) is 0. The van der Waals surface area contributed by atoms with Crippen LogP contribution in [0, 0.1) is 0 Å². The summed E-state index contributed by atoms with van der Waals surface area (Å²) in [6.07, 6.45) is 7.81. The fraction of sp³-hybridized carbons (Fsp3) is 0.143. The zero-order valence-electron chi connectivity index (χ0n) is 6.27. The fourth-order valence-electron chi connectivity index (χ4n) is 1.17. The van der Waals surface area contributed by atoms with E-state index in [2.05, 4.69) is 10.5 Å². The van der Waals surface area contributed by atoms with E-state index in [-0.39, 0.29) is 6.17 Å². The maximum absolute atomic E-state index is 5.47. The second-order valence-electron chi connectivity index (χ2n) is 2.51. The van der Waals surface area contributed by atoms with Crippen molar-refractivity contribution in [2.24, 2.45) is 10.8 Å². The lowest BCUT2D eigenvalue weighted by atomic mass is 10.3. The van der Waals surface area contributed by atoms with E-state index in [1.54, 1.807) is 0 Å². The van der Waals surface area contributed by atoms with E-state index in [1.807, 2.05) is 29.3 Å². The van der Waals surface area contributed by atoms with Crippen LogP contribution in [0.1, 0.15) is 0 Å². The fourth-order valence-corrected chi connectivity index (χ4v) is 1.32. The third kappa shape index (κ3) is 0.984. The third-order valence-electron chi connectivity index (χ3n) is 1.72. The van der Waals surface area contributed by atoms with E-state index in [0.717, 1.165) is 0 Å². The van der Waals surface area contributed by atoms with E-state index < -0.39 is 0 Å². The van der Waals surface area contributed by atoms with Crippen molar-refractivity contribution in [3.05, 3.63) is 24.4 Å². The average molecular weight is 180 g/mol. The van der Waals surface area contributed by atoms with Crippen LogP contribution in [-0.4, -0.2) is 21.9 Å². The molecular formula is C7H8N4S. The molecule has 0 saturated carbocycles. The van der Waals surface area contributed by atoms with Crippen LogP contribution in [0.5, 0.6) is 0 Å². The first kappa shape index (κ1) is 7.30. The number of fused-ring (bicyclic) bond motifs is 1. The normalized spacial score (nSPS) is 24.8. The number of rotatable bonds is 1. The molecule has 5 heteroatoms. The van der Waals surface area contributed by atoms with Crippen molar-refractivity contribution in [1.29, 1.82) is 0 Å². The Morgan fingerprint density at radius 2 is 2.50 bits per heavy atom. The van der Waals surface area contributed by atoms with Gasteiger partial charge in [-0.2, -0.15) is 5.10 Å². The molecule has 0 aromatic rings. The zero-order chi connectivity index (χ0) is 8.55. The summed E-state index contributed by atoms with van der Waals surface area (Å²) >= 11 is 4.83. The summed E-state index contributed by atoms with van der Waals surface area (Å²) in [5, 5.41) is 4.00. The SMILES string of the molecule is NC(=S)C1=NN[C@H]2C=CC=CN12. The smallest absolute Gasteiger partial charge is 0.189 e. The number of hydrogen-bond donors (Lipinski definition) is 2. The second-order valence-corrected chi connectivity index (χ2v) is 2.95. The topological polar surface area (TPSA) is 53.6 Å². The van der Waals surface area contributed by atoms with E-state index in [1.165, 1.54) is 0 Å². The minimum Gasteiger partial charge on any atom is -0.387 e. The molecule has 0 radical (unpaired) electrons. The molecule has 0 amide bonds. The summed E-state index contributed by atoms with van der Waals surface area (Å²) in [5.41, 5.74) is 8.36. The first-order valence-corrected chi connectivity index (χ1v) is 3.96. The summed E-state index contributed by atoms with van der Waals surface area (Å²) in [5.74, 6) is 0.621. The molecule has 62 valence electrons. The number of amidine groups is 1. The summed E-state index contributed by atoms with van der Waals surface area (Å²) < 4.78 is 0. The Morgan fingerprint density at radius 3 is 3.25 bits per heavy atom. The number of nitrogens with one attached hydrogen (secondary N) is 1. The molecular weight excluding hydrogens is 172 g/mol. The van der Waals surface area contributed by atoms with Crippen LogP contribution in [0.4, 0.5) is 0 Å². The van der Waals surface area contributed by atoms with Gasteiger partial charge < -0.3 is 10.6 Å². The molecule has 4 nitrogen and oxygen atoms in total. The van der Waals surface area contributed by atoms with Gasteiger partial charge in [0.15, 0.2) is 5.84 Å². The largest absolute Gasteiger partial charge is 0.387 e. The van der Waals surface area contributed by atoms with Gasteiger partial charge in [0.25, 0.3) is 0 Å². The van der Waals surface area contributed by atoms with Crippen LogP contribution in [-0.2, 0) is 0 Å². The molecule has 0 aromatic heterocycles. The van der Waals surface area contributed by atoms with Gasteiger partial charge in [0, 0.05) is 6.20 Å². The van der Waals surface area contributed by atoms with Gasteiger partial charge in [-0.1, -0.05) is 18.3 Å². The molecule has 2 aliphatic rings. The second kappa shape index (κ2) is 2.60. The molecule has 0 bridgehead atoms. The molecule has 0 spiro atoms. The summed E-state index contributed by atoms with van der Waals surface area (Å²) in [7, 11) is 0. The molecule has 3 N–H and O–H groups in total. The van der Waals surface area contributed by atoms with Crippen molar-refractivity contribution < 1.29 is 0 Å². The lowest BCUT2D eigenvalue weighted by molar-refractivity contribution is 0.447. The van der Waals surface area contributed by atoms with Crippen LogP contribution in [0.25, 0.3) is 0 Å². The van der Waals surface area contributed by atoms with E-state index in [9.17, 15) is 0 Å². The van der Waals surface area contributed by atoms with E-state index in [0.29, 0.717) is 10.8 Å². The number of thiocarbonyl (C=S) groups is 1. The lowest BCUT2D eigenvalue weighted by Gasteiger charge is -2.21. The predicted molar refractivity (Wildman–Crippen MR) is 51.3 cm³/mol. The number of hydrazone groups is 1. The van der Waals surface area contributed by atoms with Crippen molar-refractivity contribution in [3.63, 3.8) is 0 Å². The summed E-state index contributed by atoms with van der Waals surface area (Å²) in [6, 6.07) is 0. The van der Waals surface area contributed by atoms with Crippen molar-refractivity contribution in [2.75, 3.05) is 0 Å². The van der Waals surface area contributed by atoms with Crippen molar-refractivity contribution in [2.45, 2.75) is 6.17 Å². The maximum atomic E-state index is 5.47. The lowest BCUT2D eigenvalue weighted by Crippen LogP contribution is -2.40. The third-order valence-corrected chi connectivity index (χ3v) is 1.90.